The third-order valence-corrected chi connectivity index (χ3v) is 5.00. The maximum atomic E-state index is 13.2. The monoisotopic (exact) mass is 384 g/mol. The Bertz CT molecular complexity index is 803. The van der Waals surface area contributed by atoms with Gasteiger partial charge in [-0.2, -0.15) is 13.2 Å². The van der Waals surface area contributed by atoms with Gasteiger partial charge in [0.2, 0.25) is 5.91 Å². The van der Waals surface area contributed by atoms with Crippen LogP contribution in [0.25, 0.3) is 0 Å². The lowest BCUT2D eigenvalue weighted by Gasteiger charge is -2.27. The number of rotatable bonds is 4. The van der Waals surface area contributed by atoms with Gasteiger partial charge in [0.1, 0.15) is 0 Å². The van der Waals surface area contributed by atoms with Crippen LogP contribution >= 0.6 is 0 Å². The van der Waals surface area contributed by atoms with Crippen LogP contribution in [0.5, 0.6) is 0 Å². The molecule has 2 heterocycles. The number of benzene rings is 1. The first kappa shape index (κ1) is 18.9. The van der Waals surface area contributed by atoms with Gasteiger partial charge in [-0.3, -0.25) is 24.1 Å². The molecule has 27 heavy (non-hydrogen) atoms. The fraction of sp³-hybridized carbons (Fsp3) is 0.412. The minimum absolute atomic E-state index is 0.207. The van der Waals surface area contributed by atoms with Crippen molar-refractivity contribution in [2.24, 2.45) is 5.41 Å². The largest absolute Gasteiger partial charge is 0.481 e. The molecule has 1 saturated heterocycles. The van der Waals surface area contributed by atoms with E-state index in [1.807, 2.05) is 0 Å². The van der Waals surface area contributed by atoms with E-state index in [-0.39, 0.29) is 30.6 Å². The van der Waals surface area contributed by atoms with Crippen LogP contribution in [0.3, 0.4) is 0 Å². The zero-order valence-corrected chi connectivity index (χ0v) is 14.0. The lowest BCUT2D eigenvalue weighted by molar-refractivity contribution is -0.227. The smallest absolute Gasteiger partial charge is 0.406 e. The van der Waals surface area contributed by atoms with E-state index in [4.69, 9.17) is 5.11 Å². The first-order chi connectivity index (χ1) is 12.6. The van der Waals surface area contributed by atoms with Crippen molar-refractivity contribution in [3.63, 3.8) is 0 Å². The molecule has 0 aromatic heterocycles. The number of aliphatic carboxylic acids is 1. The Labute approximate surface area is 151 Å². The summed E-state index contributed by atoms with van der Waals surface area (Å²) in [6, 6.07) is 6.13. The maximum Gasteiger partial charge on any atom is 0.406 e. The standard InChI is InChI=1S/C17H15F3N2O5/c18-17(19,20)16(15(26)27)6-8-21(9-16)12(23)5-7-22-13(24)10-3-1-2-4-11(10)14(22)25/h1-4H,5-9H2,(H,26,27). The van der Waals surface area contributed by atoms with E-state index in [2.05, 4.69) is 0 Å². The van der Waals surface area contributed by atoms with Gasteiger partial charge >= 0.3 is 12.1 Å². The number of carbonyl (C=O) groups excluding carboxylic acids is 3. The van der Waals surface area contributed by atoms with Crippen molar-refractivity contribution in [2.75, 3.05) is 19.6 Å². The molecule has 0 bridgehead atoms. The molecule has 2 aliphatic heterocycles. The van der Waals surface area contributed by atoms with Gasteiger partial charge < -0.3 is 10.0 Å². The Morgan fingerprint density at radius 2 is 1.67 bits per heavy atom. The molecule has 3 rings (SSSR count). The lowest BCUT2D eigenvalue weighted by atomic mass is 9.86. The number of likely N-dealkylation sites (tertiary alicyclic amines) is 1. The summed E-state index contributed by atoms with van der Waals surface area (Å²) in [4.78, 5) is 49.5. The molecule has 144 valence electrons. The van der Waals surface area contributed by atoms with Crippen molar-refractivity contribution in [2.45, 2.75) is 19.0 Å². The number of nitrogens with zero attached hydrogens (tertiary/aromatic N) is 2. The van der Waals surface area contributed by atoms with Crippen LogP contribution in [0.2, 0.25) is 0 Å². The molecule has 1 aromatic rings. The van der Waals surface area contributed by atoms with Crippen molar-refractivity contribution >= 4 is 23.7 Å². The molecular weight excluding hydrogens is 369 g/mol. The number of carbonyl (C=O) groups is 4. The van der Waals surface area contributed by atoms with Crippen molar-refractivity contribution in [3.05, 3.63) is 35.4 Å². The first-order valence-electron chi connectivity index (χ1n) is 8.11. The summed E-state index contributed by atoms with van der Waals surface area (Å²) in [7, 11) is 0. The summed E-state index contributed by atoms with van der Waals surface area (Å²) in [6.45, 7) is -1.62. The molecule has 7 nitrogen and oxygen atoms in total. The molecule has 1 unspecified atom stereocenters. The van der Waals surface area contributed by atoms with Gasteiger partial charge in [0.25, 0.3) is 11.8 Å². The Balaban J connectivity index is 1.65. The number of carboxylic acid groups (broad SMARTS) is 1. The van der Waals surface area contributed by atoms with Crippen LogP contribution in [0, 0.1) is 5.41 Å². The first-order valence-corrected chi connectivity index (χ1v) is 8.11. The van der Waals surface area contributed by atoms with Crippen LogP contribution in [-0.2, 0) is 9.59 Å². The van der Waals surface area contributed by atoms with E-state index in [9.17, 15) is 32.3 Å². The molecule has 1 atom stereocenters. The average Bonchev–Trinajstić information content (AvgIpc) is 3.16. The highest BCUT2D eigenvalue weighted by molar-refractivity contribution is 6.21. The van der Waals surface area contributed by atoms with E-state index in [1.54, 1.807) is 12.1 Å². The minimum atomic E-state index is -4.99. The van der Waals surface area contributed by atoms with E-state index < -0.39 is 48.2 Å². The molecule has 1 aromatic carbocycles. The third kappa shape index (κ3) is 2.94. The fourth-order valence-corrected chi connectivity index (χ4v) is 3.36. The molecule has 0 saturated carbocycles. The van der Waals surface area contributed by atoms with Gasteiger partial charge in [-0.05, 0) is 18.6 Å². The number of alkyl halides is 3. The van der Waals surface area contributed by atoms with Crippen LogP contribution < -0.4 is 0 Å². The van der Waals surface area contributed by atoms with Gasteiger partial charge in [0.15, 0.2) is 5.41 Å². The number of hydrogen-bond acceptors (Lipinski definition) is 4. The van der Waals surface area contributed by atoms with Crippen molar-refractivity contribution in [3.8, 4) is 0 Å². The molecule has 0 radical (unpaired) electrons. The quantitative estimate of drug-likeness (QED) is 0.795. The maximum absolute atomic E-state index is 13.2. The number of hydrogen-bond donors (Lipinski definition) is 1. The fourth-order valence-electron chi connectivity index (χ4n) is 3.36. The normalized spacial score (nSPS) is 22.3. The predicted octanol–water partition coefficient (Wildman–Crippen LogP) is 1.54. The van der Waals surface area contributed by atoms with Crippen molar-refractivity contribution in [1.29, 1.82) is 0 Å². The second kappa shape index (κ2) is 6.36. The van der Waals surface area contributed by atoms with Crippen LogP contribution in [0.4, 0.5) is 13.2 Å². The van der Waals surface area contributed by atoms with E-state index in [0.29, 0.717) is 0 Å². The summed E-state index contributed by atoms with van der Waals surface area (Å²) >= 11 is 0. The molecule has 10 heteroatoms. The molecular formula is C17H15F3N2O5. The number of amides is 3. The molecule has 1 N–H and O–H groups in total. The Kier molecular flexibility index (Phi) is 4.44. The molecule has 0 aliphatic carbocycles. The second-order valence-electron chi connectivity index (χ2n) is 6.51. The van der Waals surface area contributed by atoms with Crippen LogP contribution in [0.1, 0.15) is 33.6 Å². The van der Waals surface area contributed by atoms with E-state index in [1.165, 1.54) is 12.1 Å². The van der Waals surface area contributed by atoms with E-state index >= 15 is 0 Å². The summed E-state index contributed by atoms with van der Waals surface area (Å²) in [5.74, 6) is -3.90. The number of imide groups is 1. The Morgan fingerprint density at radius 1 is 1.11 bits per heavy atom. The van der Waals surface area contributed by atoms with Crippen LogP contribution in [0.15, 0.2) is 24.3 Å². The summed E-state index contributed by atoms with van der Waals surface area (Å²) in [5, 5.41) is 9.02. The highest BCUT2D eigenvalue weighted by Gasteiger charge is 2.64. The third-order valence-electron chi connectivity index (χ3n) is 5.00. The number of halogens is 3. The van der Waals surface area contributed by atoms with Crippen molar-refractivity contribution in [1.82, 2.24) is 9.80 Å². The predicted molar refractivity (Wildman–Crippen MR) is 83.7 cm³/mol. The zero-order valence-electron chi connectivity index (χ0n) is 14.0. The minimum Gasteiger partial charge on any atom is -0.481 e. The van der Waals surface area contributed by atoms with Crippen LogP contribution in [-0.4, -0.2) is 64.4 Å². The molecule has 1 fully saturated rings. The number of fused-ring (bicyclic) bond motifs is 1. The van der Waals surface area contributed by atoms with E-state index in [0.717, 1.165) is 9.80 Å². The lowest BCUT2D eigenvalue weighted by Crippen LogP contribution is -2.48. The topological polar surface area (TPSA) is 95.0 Å². The van der Waals surface area contributed by atoms with Gasteiger partial charge in [-0.25, -0.2) is 0 Å². The average molecular weight is 384 g/mol. The highest BCUT2D eigenvalue weighted by Crippen LogP contribution is 2.45. The molecule has 0 spiro atoms. The summed E-state index contributed by atoms with van der Waals surface area (Å²) < 4.78 is 39.5. The summed E-state index contributed by atoms with van der Waals surface area (Å²) in [5.41, 5.74) is -2.57. The van der Waals surface area contributed by atoms with Gasteiger partial charge in [0, 0.05) is 26.1 Å². The van der Waals surface area contributed by atoms with Gasteiger partial charge in [-0.15, -0.1) is 0 Å². The number of carboxylic acids is 1. The zero-order chi connectivity index (χ0) is 20.0. The second-order valence-corrected chi connectivity index (χ2v) is 6.51. The SMILES string of the molecule is O=C(CCN1C(=O)c2ccccc2C1=O)N1CCC(C(=O)O)(C(F)(F)F)C1. The molecule has 3 amide bonds. The Hall–Kier alpha value is -2.91. The van der Waals surface area contributed by atoms with Crippen molar-refractivity contribution < 1.29 is 37.5 Å². The highest BCUT2D eigenvalue weighted by atomic mass is 19.4. The molecule has 2 aliphatic rings. The van der Waals surface area contributed by atoms with Gasteiger partial charge in [0.05, 0.1) is 11.1 Å². The summed E-state index contributed by atoms with van der Waals surface area (Å²) in [6.07, 6.45) is -6.10. The Morgan fingerprint density at radius 3 is 2.11 bits per heavy atom. The van der Waals surface area contributed by atoms with Gasteiger partial charge in [-0.1, -0.05) is 12.1 Å².